The van der Waals surface area contributed by atoms with Gasteiger partial charge in [0.1, 0.15) is 5.75 Å². The van der Waals surface area contributed by atoms with Gasteiger partial charge in [0.15, 0.2) is 0 Å². The number of urea groups is 1. The topological polar surface area (TPSA) is 58.6 Å². The fraction of sp³-hybridized carbons (Fsp3) is 0.529. The second kappa shape index (κ2) is 8.21. The third-order valence-corrected chi connectivity index (χ3v) is 4.87. The van der Waals surface area contributed by atoms with E-state index < -0.39 is 6.03 Å². The van der Waals surface area contributed by atoms with Gasteiger partial charge in [-0.25, -0.2) is 4.79 Å². The van der Waals surface area contributed by atoms with E-state index in [9.17, 15) is 9.59 Å². The molecule has 5 nitrogen and oxygen atoms in total. The molecule has 0 aliphatic carbocycles. The number of anilines is 1. The predicted molar refractivity (Wildman–Crippen MR) is 101 cm³/mol. The zero-order chi connectivity index (χ0) is 18.7. The second-order valence-corrected chi connectivity index (χ2v) is 7.28. The average molecular weight is 420 g/mol. The molecule has 134 valence electrons. The van der Waals surface area contributed by atoms with Crippen molar-refractivity contribution in [1.82, 2.24) is 5.32 Å². The lowest BCUT2D eigenvalue weighted by molar-refractivity contribution is -0.120. The maximum absolute atomic E-state index is 12.1. The molecule has 0 aromatic heterocycles. The molecular formula is C17H24BrClN2O3. The van der Waals surface area contributed by atoms with E-state index >= 15 is 0 Å². The largest absolute Gasteiger partial charge is 0.495 e. The van der Waals surface area contributed by atoms with E-state index in [1.807, 2.05) is 19.9 Å². The molecule has 0 bridgehead atoms. The fourth-order valence-corrected chi connectivity index (χ4v) is 3.16. The van der Waals surface area contributed by atoms with Crippen LogP contribution in [0.2, 0.25) is 5.02 Å². The number of nitrogens with zero attached hydrogens (tertiary/aromatic N) is 1. The Morgan fingerprint density at radius 3 is 2.33 bits per heavy atom. The molecule has 2 rings (SSSR count). The van der Waals surface area contributed by atoms with Crippen LogP contribution in [0, 0.1) is 0 Å². The van der Waals surface area contributed by atoms with Crippen LogP contribution in [0.4, 0.5) is 10.5 Å². The molecule has 24 heavy (non-hydrogen) atoms. The van der Waals surface area contributed by atoms with Crippen molar-refractivity contribution in [2.75, 3.05) is 18.6 Å². The Morgan fingerprint density at radius 2 is 1.88 bits per heavy atom. The number of imide groups is 1. The number of hydrogen-bond donors (Lipinski definition) is 1. The lowest BCUT2D eigenvalue weighted by atomic mass is 9.86. The van der Waals surface area contributed by atoms with E-state index in [4.69, 9.17) is 16.3 Å². The third-order valence-electron chi connectivity index (χ3n) is 3.50. The van der Waals surface area contributed by atoms with E-state index in [0.717, 1.165) is 5.56 Å². The van der Waals surface area contributed by atoms with Crippen LogP contribution in [0.15, 0.2) is 10.5 Å². The van der Waals surface area contributed by atoms with E-state index in [1.54, 1.807) is 7.11 Å². The molecule has 0 atom stereocenters. The molecule has 1 aliphatic rings. The van der Waals surface area contributed by atoms with Crippen LogP contribution in [0.3, 0.4) is 0 Å². The zero-order valence-electron chi connectivity index (χ0n) is 14.9. The summed E-state index contributed by atoms with van der Waals surface area (Å²) in [4.78, 5) is 24.9. The van der Waals surface area contributed by atoms with E-state index in [1.165, 1.54) is 4.90 Å². The summed E-state index contributed by atoms with van der Waals surface area (Å²) >= 11 is 9.85. The molecule has 1 saturated heterocycles. The van der Waals surface area contributed by atoms with Crippen molar-refractivity contribution in [3.63, 3.8) is 0 Å². The molecule has 3 amide bonds. The lowest BCUT2D eigenvalue weighted by Crippen LogP contribution is -2.49. The SMILES string of the molecule is CC.COc1c(C(C)(C)C)cc(N2CCC(=O)NC2=O)c(Cl)c1Br. The monoisotopic (exact) mass is 418 g/mol. The van der Waals surface area contributed by atoms with Crippen molar-refractivity contribution in [3.05, 3.63) is 21.1 Å². The Labute approximate surface area is 156 Å². The van der Waals surface area contributed by atoms with Gasteiger partial charge in [-0.2, -0.15) is 0 Å². The van der Waals surface area contributed by atoms with Crippen LogP contribution >= 0.6 is 27.5 Å². The fourth-order valence-electron chi connectivity index (χ4n) is 2.34. The highest BCUT2D eigenvalue weighted by atomic mass is 79.9. The van der Waals surface area contributed by atoms with Crippen LogP contribution in [-0.2, 0) is 10.2 Å². The molecule has 0 unspecified atom stereocenters. The number of rotatable bonds is 2. The van der Waals surface area contributed by atoms with Gasteiger partial charge in [0.2, 0.25) is 5.91 Å². The number of benzene rings is 1. The van der Waals surface area contributed by atoms with Crippen molar-refractivity contribution in [3.8, 4) is 5.75 Å². The number of carbonyl (C=O) groups excluding carboxylic acids is 2. The Bertz CT molecular complexity index is 642. The second-order valence-electron chi connectivity index (χ2n) is 6.11. The molecule has 1 aromatic rings. The Kier molecular flexibility index (Phi) is 7.10. The molecule has 1 heterocycles. The first-order chi connectivity index (χ1) is 11.2. The molecule has 0 radical (unpaired) electrons. The normalized spacial score (nSPS) is 14.8. The molecular weight excluding hydrogens is 396 g/mol. The minimum Gasteiger partial charge on any atom is -0.495 e. The molecule has 0 spiro atoms. The molecule has 7 heteroatoms. The summed E-state index contributed by atoms with van der Waals surface area (Å²) in [6.45, 7) is 10.4. The zero-order valence-corrected chi connectivity index (χ0v) is 17.3. The maximum Gasteiger partial charge on any atom is 0.328 e. The van der Waals surface area contributed by atoms with Crippen LogP contribution in [0.1, 0.15) is 46.6 Å². The molecule has 1 fully saturated rings. The van der Waals surface area contributed by atoms with Gasteiger partial charge in [-0.3, -0.25) is 15.0 Å². The number of carbonyl (C=O) groups is 2. The molecule has 1 aromatic carbocycles. The third kappa shape index (κ3) is 4.22. The highest BCUT2D eigenvalue weighted by Crippen LogP contribution is 2.46. The summed E-state index contributed by atoms with van der Waals surface area (Å²) in [6, 6.07) is 1.39. The Hall–Kier alpha value is -1.27. The standard InChI is InChI=1S/C15H18BrClN2O3.C2H6/c1-15(2,3)8-7-9(12(17)11(16)13(8)22-4)19-6-5-10(20)18-14(19)21;1-2/h7H,5-6H2,1-4H3,(H,18,20,21);1-2H3. The van der Waals surface area contributed by atoms with Crippen molar-refractivity contribution in [2.24, 2.45) is 0 Å². The highest BCUT2D eigenvalue weighted by Gasteiger charge is 2.30. The number of nitrogens with one attached hydrogen (secondary N) is 1. The van der Waals surface area contributed by atoms with Crippen LogP contribution < -0.4 is 15.0 Å². The van der Waals surface area contributed by atoms with Gasteiger partial charge in [-0.15, -0.1) is 0 Å². The van der Waals surface area contributed by atoms with Crippen LogP contribution in [0.5, 0.6) is 5.75 Å². The quantitative estimate of drug-likeness (QED) is 0.743. The Balaban J connectivity index is 0.00000139. The van der Waals surface area contributed by atoms with Crippen molar-refractivity contribution in [2.45, 2.75) is 46.5 Å². The van der Waals surface area contributed by atoms with Crippen LogP contribution in [0.25, 0.3) is 0 Å². The first-order valence-electron chi connectivity index (χ1n) is 7.84. The smallest absolute Gasteiger partial charge is 0.328 e. The number of ether oxygens (including phenoxy) is 1. The molecule has 0 saturated carbocycles. The van der Waals surface area contributed by atoms with E-state index in [2.05, 4.69) is 42.0 Å². The van der Waals surface area contributed by atoms with Gasteiger partial charge in [0.25, 0.3) is 0 Å². The van der Waals surface area contributed by atoms with Gasteiger partial charge in [-0.1, -0.05) is 46.2 Å². The summed E-state index contributed by atoms with van der Waals surface area (Å²) < 4.78 is 6.07. The van der Waals surface area contributed by atoms with Crippen LogP contribution in [-0.4, -0.2) is 25.6 Å². The van der Waals surface area contributed by atoms with E-state index in [0.29, 0.717) is 27.5 Å². The van der Waals surface area contributed by atoms with Crippen molar-refractivity contribution >= 4 is 45.2 Å². The summed E-state index contributed by atoms with van der Waals surface area (Å²) in [5.74, 6) is 0.371. The van der Waals surface area contributed by atoms with Gasteiger partial charge in [0.05, 0.1) is 22.3 Å². The average Bonchev–Trinajstić information content (AvgIpc) is 2.51. The molecule has 1 aliphatic heterocycles. The van der Waals surface area contributed by atoms with Gasteiger partial charge in [-0.05, 0) is 27.4 Å². The number of amides is 3. The summed E-state index contributed by atoms with van der Waals surface area (Å²) in [7, 11) is 1.58. The minimum absolute atomic E-state index is 0.199. The minimum atomic E-state index is -0.463. The lowest BCUT2D eigenvalue weighted by Gasteiger charge is -2.31. The molecule has 1 N–H and O–H groups in total. The number of hydrogen-bond acceptors (Lipinski definition) is 3. The van der Waals surface area contributed by atoms with Gasteiger partial charge in [0, 0.05) is 18.5 Å². The maximum atomic E-state index is 12.1. The van der Waals surface area contributed by atoms with Gasteiger partial charge < -0.3 is 4.74 Å². The summed E-state index contributed by atoms with van der Waals surface area (Å²) in [6.07, 6.45) is 0.247. The first-order valence-corrected chi connectivity index (χ1v) is 9.01. The number of halogens is 2. The summed E-state index contributed by atoms with van der Waals surface area (Å²) in [5, 5.41) is 2.69. The summed E-state index contributed by atoms with van der Waals surface area (Å²) in [5.41, 5.74) is 1.28. The highest BCUT2D eigenvalue weighted by molar-refractivity contribution is 9.10. The number of methoxy groups -OCH3 is 1. The van der Waals surface area contributed by atoms with Gasteiger partial charge >= 0.3 is 6.03 Å². The predicted octanol–water partition coefficient (Wildman–Crippen LogP) is 4.88. The van der Waals surface area contributed by atoms with E-state index in [-0.39, 0.29) is 17.7 Å². The van der Waals surface area contributed by atoms with Crippen molar-refractivity contribution in [1.29, 1.82) is 0 Å². The first kappa shape index (κ1) is 20.8. The Morgan fingerprint density at radius 1 is 1.29 bits per heavy atom. The van der Waals surface area contributed by atoms with Crippen molar-refractivity contribution < 1.29 is 14.3 Å².